The summed E-state index contributed by atoms with van der Waals surface area (Å²) in [5, 5.41) is 13.8. The zero-order valence-electron chi connectivity index (χ0n) is 15.1. The first-order valence-electron chi connectivity index (χ1n) is 8.73. The molecule has 1 aromatic rings. The van der Waals surface area contributed by atoms with Crippen LogP contribution in [-0.4, -0.2) is 63.5 Å². The third-order valence-electron chi connectivity index (χ3n) is 4.48. The molecular formula is C18H32N4O. The first-order valence-corrected chi connectivity index (χ1v) is 8.73. The summed E-state index contributed by atoms with van der Waals surface area (Å²) in [5.41, 5.74) is 2.63. The normalized spacial score (nSPS) is 20.2. The molecule has 2 heterocycles. The fraction of sp³-hybridized carbons (Fsp3) is 0.722. The number of allylic oxidation sites excluding steroid dienone is 1. The SMILES string of the molecule is CC(C)=CCN1CCN(Cc2cnn(C(C)C)c2)C[C@H]1CCO. The highest BCUT2D eigenvalue weighted by molar-refractivity contribution is 5.05. The Hall–Kier alpha value is -1.17. The Kier molecular flexibility index (Phi) is 6.81. The van der Waals surface area contributed by atoms with Crippen molar-refractivity contribution in [2.45, 2.75) is 52.7 Å². The Morgan fingerprint density at radius 3 is 2.78 bits per heavy atom. The zero-order chi connectivity index (χ0) is 16.8. The Morgan fingerprint density at radius 1 is 1.39 bits per heavy atom. The lowest BCUT2D eigenvalue weighted by atomic mass is 10.1. The smallest absolute Gasteiger partial charge is 0.0534 e. The van der Waals surface area contributed by atoms with Crippen LogP contribution < -0.4 is 0 Å². The molecule has 0 radical (unpaired) electrons. The van der Waals surface area contributed by atoms with Crippen LogP contribution in [0.3, 0.4) is 0 Å². The van der Waals surface area contributed by atoms with Crippen LogP contribution in [0.2, 0.25) is 0 Å². The number of hydrogen-bond acceptors (Lipinski definition) is 4. The van der Waals surface area contributed by atoms with E-state index in [1.807, 2.05) is 10.9 Å². The molecule has 23 heavy (non-hydrogen) atoms. The number of aromatic nitrogens is 2. The van der Waals surface area contributed by atoms with E-state index in [0.717, 1.165) is 39.1 Å². The zero-order valence-corrected chi connectivity index (χ0v) is 15.1. The molecule has 1 saturated heterocycles. The van der Waals surface area contributed by atoms with Gasteiger partial charge in [0.25, 0.3) is 0 Å². The molecule has 2 rings (SSSR count). The second kappa shape index (κ2) is 8.62. The lowest BCUT2D eigenvalue weighted by Gasteiger charge is -2.41. The van der Waals surface area contributed by atoms with Crippen LogP contribution in [0, 0.1) is 0 Å². The van der Waals surface area contributed by atoms with Gasteiger partial charge in [-0.3, -0.25) is 14.5 Å². The van der Waals surface area contributed by atoms with Gasteiger partial charge in [0.05, 0.1) is 6.20 Å². The van der Waals surface area contributed by atoms with E-state index in [1.54, 1.807) is 0 Å². The molecule has 0 amide bonds. The van der Waals surface area contributed by atoms with Crippen molar-refractivity contribution >= 4 is 0 Å². The van der Waals surface area contributed by atoms with Gasteiger partial charge in [-0.15, -0.1) is 0 Å². The van der Waals surface area contributed by atoms with Crippen molar-refractivity contribution in [1.82, 2.24) is 19.6 Å². The maximum absolute atomic E-state index is 9.38. The fourth-order valence-corrected chi connectivity index (χ4v) is 3.06. The minimum absolute atomic E-state index is 0.259. The van der Waals surface area contributed by atoms with Gasteiger partial charge in [0, 0.05) is 63.2 Å². The van der Waals surface area contributed by atoms with Crippen molar-refractivity contribution in [2.24, 2.45) is 0 Å². The molecule has 0 unspecified atom stereocenters. The predicted molar refractivity (Wildman–Crippen MR) is 94.4 cm³/mol. The van der Waals surface area contributed by atoms with Crippen LogP contribution in [-0.2, 0) is 6.54 Å². The van der Waals surface area contributed by atoms with E-state index in [4.69, 9.17) is 0 Å². The largest absolute Gasteiger partial charge is 0.396 e. The van der Waals surface area contributed by atoms with E-state index < -0.39 is 0 Å². The molecule has 1 aliphatic rings. The lowest BCUT2D eigenvalue weighted by molar-refractivity contribution is 0.0636. The van der Waals surface area contributed by atoms with Crippen molar-refractivity contribution in [3.8, 4) is 0 Å². The van der Waals surface area contributed by atoms with E-state index in [9.17, 15) is 5.11 Å². The molecule has 1 aliphatic heterocycles. The van der Waals surface area contributed by atoms with E-state index in [2.05, 4.69) is 54.9 Å². The topological polar surface area (TPSA) is 44.5 Å². The Bertz CT molecular complexity index is 505. The summed E-state index contributed by atoms with van der Waals surface area (Å²) in [6, 6.07) is 0.844. The highest BCUT2D eigenvalue weighted by atomic mass is 16.3. The van der Waals surface area contributed by atoms with Crippen molar-refractivity contribution in [1.29, 1.82) is 0 Å². The van der Waals surface area contributed by atoms with Crippen molar-refractivity contribution in [3.63, 3.8) is 0 Å². The maximum Gasteiger partial charge on any atom is 0.0534 e. The summed E-state index contributed by atoms with van der Waals surface area (Å²) in [4.78, 5) is 4.98. The molecule has 0 spiro atoms. The summed E-state index contributed by atoms with van der Waals surface area (Å²) >= 11 is 0. The Labute approximate surface area is 140 Å². The highest BCUT2D eigenvalue weighted by Gasteiger charge is 2.26. The van der Waals surface area contributed by atoms with Crippen LogP contribution in [0.15, 0.2) is 24.0 Å². The molecule has 0 saturated carbocycles. The van der Waals surface area contributed by atoms with Gasteiger partial charge in [-0.05, 0) is 34.1 Å². The van der Waals surface area contributed by atoms with Gasteiger partial charge in [0.2, 0.25) is 0 Å². The third-order valence-corrected chi connectivity index (χ3v) is 4.48. The van der Waals surface area contributed by atoms with Gasteiger partial charge >= 0.3 is 0 Å². The molecule has 1 fully saturated rings. The van der Waals surface area contributed by atoms with Crippen LogP contribution in [0.4, 0.5) is 0 Å². The van der Waals surface area contributed by atoms with Gasteiger partial charge in [-0.2, -0.15) is 5.10 Å². The number of piperazine rings is 1. The van der Waals surface area contributed by atoms with Crippen molar-refractivity contribution in [3.05, 3.63) is 29.6 Å². The third kappa shape index (κ3) is 5.44. The predicted octanol–water partition coefficient (Wildman–Crippen LogP) is 2.30. The molecule has 1 N–H and O–H groups in total. The molecule has 130 valence electrons. The number of aliphatic hydroxyl groups is 1. The van der Waals surface area contributed by atoms with Gasteiger partial charge in [0.1, 0.15) is 0 Å². The van der Waals surface area contributed by atoms with E-state index in [-0.39, 0.29) is 6.61 Å². The number of aliphatic hydroxyl groups excluding tert-OH is 1. The maximum atomic E-state index is 9.38. The minimum Gasteiger partial charge on any atom is -0.396 e. The average molecular weight is 320 g/mol. The molecule has 1 atom stereocenters. The molecular weight excluding hydrogens is 288 g/mol. The first-order chi connectivity index (χ1) is 11.0. The van der Waals surface area contributed by atoms with Crippen molar-refractivity contribution in [2.75, 3.05) is 32.8 Å². The summed E-state index contributed by atoms with van der Waals surface area (Å²) < 4.78 is 2.02. The summed E-state index contributed by atoms with van der Waals surface area (Å²) in [7, 11) is 0. The molecule has 0 aliphatic carbocycles. The number of nitrogens with zero attached hydrogens (tertiary/aromatic N) is 4. The van der Waals surface area contributed by atoms with Crippen LogP contribution in [0.25, 0.3) is 0 Å². The quantitative estimate of drug-likeness (QED) is 0.783. The second-order valence-corrected chi connectivity index (χ2v) is 7.10. The van der Waals surface area contributed by atoms with Crippen molar-refractivity contribution < 1.29 is 5.11 Å². The van der Waals surface area contributed by atoms with Gasteiger partial charge in [0.15, 0.2) is 0 Å². The molecule has 5 nitrogen and oxygen atoms in total. The fourth-order valence-electron chi connectivity index (χ4n) is 3.06. The van der Waals surface area contributed by atoms with E-state index in [1.165, 1.54) is 11.1 Å². The van der Waals surface area contributed by atoms with Gasteiger partial charge < -0.3 is 5.11 Å². The number of rotatable bonds is 7. The molecule has 1 aromatic heterocycles. The lowest BCUT2D eigenvalue weighted by Crippen LogP contribution is -2.53. The monoisotopic (exact) mass is 320 g/mol. The van der Waals surface area contributed by atoms with E-state index in [0.29, 0.717) is 12.1 Å². The molecule has 0 bridgehead atoms. The van der Waals surface area contributed by atoms with Crippen LogP contribution >= 0.6 is 0 Å². The summed E-state index contributed by atoms with van der Waals surface area (Å²) in [6.07, 6.45) is 7.27. The number of hydrogen-bond donors (Lipinski definition) is 1. The van der Waals surface area contributed by atoms with Gasteiger partial charge in [-0.25, -0.2) is 0 Å². The Balaban J connectivity index is 1.93. The second-order valence-electron chi connectivity index (χ2n) is 7.10. The molecule has 0 aromatic carbocycles. The molecule has 5 heteroatoms. The van der Waals surface area contributed by atoms with Crippen LogP contribution in [0.1, 0.15) is 45.7 Å². The minimum atomic E-state index is 0.259. The Morgan fingerprint density at radius 2 is 2.17 bits per heavy atom. The highest BCUT2D eigenvalue weighted by Crippen LogP contribution is 2.16. The van der Waals surface area contributed by atoms with E-state index >= 15 is 0 Å². The first kappa shape index (κ1) is 18.2. The van der Waals surface area contributed by atoms with Crippen LogP contribution in [0.5, 0.6) is 0 Å². The average Bonchev–Trinajstić information content (AvgIpc) is 2.95. The summed E-state index contributed by atoms with van der Waals surface area (Å²) in [6.45, 7) is 13.9. The van der Waals surface area contributed by atoms with Gasteiger partial charge in [-0.1, -0.05) is 11.6 Å². The summed E-state index contributed by atoms with van der Waals surface area (Å²) in [5.74, 6) is 0. The standard InChI is InChI=1S/C18H32N4O/c1-15(2)5-7-21-9-8-20(14-18(21)6-10-23)12-17-11-19-22(13-17)16(3)4/h5,11,13,16,18,23H,6-10,12,14H2,1-4H3/t18-/m1/s1.